The first-order valence-electron chi connectivity index (χ1n) is 8.22. The van der Waals surface area contributed by atoms with Crippen LogP contribution in [0.1, 0.15) is 25.5 Å². The Hall–Kier alpha value is -2.41. The molecule has 2 aromatic rings. The van der Waals surface area contributed by atoms with Crippen LogP contribution in [0, 0.1) is 5.82 Å². The third-order valence-electron chi connectivity index (χ3n) is 4.27. The molecule has 24 heavy (non-hydrogen) atoms. The number of nitrogens with two attached hydrogens (primary N) is 3. The van der Waals surface area contributed by atoms with Crippen LogP contribution in [0.5, 0.6) is 0 Å². The topological polar surface area (TPSA) is 107 Å². The Morgan fingerprint density at radius 1 is 1.29 bits per heavy atom. The summed E-state index contributed by atoms with van der Waals surface area (Å²) in [4.78, 5) is 11.3. The molecule has 3 rings (SSSR count). The Morgan fingerprint density at radius 2 is 2.08 bits per heavy atom. The van der Waals surface area contributed by atoms with Crippen molar-refractivity contribution in [3.05, 3.63) is 29.7 Å². The standard InChI is InChI=1S/C17H23FN6/c1-2-3-11-8-14(24-7-6-10(19)9-24)23-17(22-11)15-13(20)5-4-12(18)16(15)21/h4-5,8,10H,2-3,6-7,9,19-21H2,1H3. The summed E-state index contributed by atoms with van der Waals surface area (Å²) in [7, 11) is 0. The molecule has 1 aromatic carbocycles. The number of hydrogen-bond acceptors (Lipinski definition) is 6. The van der Waals surface area contributed by atoms with Crippen LogP contribution < -0.4 is 22.1 Å². The Labute approximate surface area is 140 Å². The van der Waals surface area contributed by atoms with Crippen LogP contribution in [0.3, 0.4) is 0 Å². The molecule has 0 amide bonds. The van der Waals surface area contributed by atoms with E-state index in [1.54, 1.807) is 0 Å². The SMILES string of the molecule is CCCc1cc(N2CCC(N)C2)nc(-c2c(N)ccc(F)c2N)n1. The quantitative estimate of drug-likeness (QED) is 0.740. The number of hydrogen-bond donors (Lipinski definition) is 3. The van der Waals surface area contributed by atoms with Gasteiger partial charge in [0.2, 0.25) is 0 Å². The molecule has 128 valence electrons. The number of anilines is 3. The van der Waals surface area contributed by atoms with Gasteiger partial charge in [0.1, 0.15) is 11.6 Å². The lowest BCUT2D eigenvalue weighted by atomic mass is 10.1. The van der Waals surface area contributed by atoms with Crippen molar-refractivity contribution in [2.24, 2.45) is 5.73 Å². The second kappa shape index (κ2) is 6.60. The molecule has 6 N–H and O–H groups in total. The molecule has 1 fully saturated rings. The van der Waals surface area contributed by atoms with Crippen LogP contribution in [0.15, 0.2) is 18.2 Å². The van der Waals surface area contributed by atoms with Crippen molar-refractivity contribution < 1.29 is 4.39 Å². The summed E-state index contributed by atoms with van der Waals surface area (Å²) in [6.07, 6.45) is 2.67. The van der Waals surface area contributed by atoms with Gasteiger partial charge >= 0.3 is 0 Å². The third kappa shape index (κ3) is 3.12. The summed E-state index contributed by atoms with van der Waals surface area (Å²) in [5, 5.41) is 0. The highest BCUT2D eigenvalue weighted by Crippen LogP contribution is 2.33. The van der Waals surface area contributed by atoms with Crippen molar-refractivity contribution in [2.45, 2.75) is 32.2 Å². The van der Waals surface area contributed by atoms with Crippen LogP contribution in [-0.4, -0.2) is 29.1 Å². The van der Waals surface area contributed by atoms with Gasteiger partial charge in [0.05, 0.1) is 11.3 Å². The molecule has 1 aromatic heterocycles. The number of nitrogen functional groups attached to an aromatic ring is 2. The number of aryl methyl sites for hydroxylation is 1. The maximum absolute atomic E-state index is 13.9. The number of halogens is 1. The van der Waals surface area contributed by atoms with Gasteiger partial charge < -0.3 is 22.1 Å². The van der Waals surface area contributed by atoms with E-state index in [1.807, 2.05) is 6.07 Å². The number of nitrogens with zero attached hydrogens (tertiary/aromatic N) is 3. The average Bonchev–Trinajstić information content (AvgIpc) is 2.98. The second-order valence-electron chi connectivity index (χ2n) is 6.21. The van der Waals surface area contributed by atoms with Crippen LogP contribution in [0.4, 0.5) is 21.6 Å². The molecule has 0 radical (unpaired) electrons. The van der Waals surface area contributed by atoms with Crippen LogP contribution >= 0.6 is 0 Å². The van der Waals surface area contributed by atoms with Gasteiger partial charge in [0.15, 0.2) is 5.82 Å². The first kappa shape index (κ1) is 16.4. The first-order chi connectivity index (χ1) is 11.5. The molecule has 6 nitrogen and oxygen atoms in total. The number of benzene rings is 1. The summed E-state index contributed by atoms with van der Waals surface area (Å²) < 4.78 is 13.9. The lowest BCUT2D eigenvalue weighted by molar-refractivity contribution is 0.633. The lowest BCUT2D eigenvalue weighted by Crippen LogP contribution is -2.27. The monoisotopic (exact) mass is 330 g/mol. The van der Waals surface area contributed by atoms with E-state index in [0.29, 0.717) is 17.1 Å². The largest absolute Gasteiger partial charge is 0.398 e. The maximum atomic E-state index is 13.9. The zero-order valence-electron chi connectivity index (χ0n) is 13.8. The van der Waals surface area contributed by atoms with Crippen LogP contribution in [0.2, 0.25) is 0 Å². The average molecular weight is 330 g/mol. The van der Waals surface area contributed by atoms with Crippen molar-refractivity contribution in [3.8, 4) is 11.4 Å². The van der Waals surface area contributed by atoms with E-state index in [1.165, 1.54) is 12.1 Å². The second-order valence-corrected chi connectivity index (χ2v) is 6.21. The van der Waals surface area contributed by atoms with Gasteiger partial charge in [0, 0.05) is 36.6 Å². The predicted molar refractivity (Wildman–Crippen MR) is 95.1 cm³/mol. The zero-order valence-corrected chi connectivity index (χ0v) is 13.8. The maximum Gasteiger partial charge on any atom is 0.166 e. The molecule has 0 bridgehead atoms. The molecular formula is C17H23FN6. The van der Waals surface area contributed by atoms with E-state index in [2.05, 4.69) is 21.8 Å². The summed E-state index contributed by atoms with van der Waals surface area (Å²) in [5.74, 6) is 0.638. The smallest absolute Gasteiger partial charge is 0.166 e. The van der Waals surface area contributed by atoms with Gasteiger partial charge in [-0.05, 0) is 25.0 Å². The minimum Gasteiger partial charge on any atom is -0.398 e. The van der Waals surface area contributed by atoms with E-state index in [4.69, 9.17) is 17.2 Å². The first-order valence-corrected chi connectivity index (χ1v) is 8.22. The zero-order chi connectivity index (χ0) is 17.3. The summed E-state index contributed by atoms with van der Waals surface area (Å²) in [6, 6.07) is 4.85. The normalized spacial score (nSPS) is 17.5. The molecule has 7 heteroatoms. The van der Waals surface area contributed by atoms with E-state index in [9.17, 15) is 4.39 Å². The molecule has 1 aliphatic heterocycles. The van der Waals surface area contributed by atoms with Gasteiger partial charge in [-0.3, -0.25) is 0 Å². The molecule has 0 saturated carbocycles. The Kier molecular flexibility index (Phi) is 4.53. The summed E-state index contributed by atoms with van der Waals surface area (Å²) >= 11 is 0. The minimum atomic E-state index is -0.520. The summed E-state index contributed by atoms with van der Waals surface area (Å²) in [5.41, 5.74) is 19.5. The third-order valence-corrected chi connectivity index (χ3v) is 4.27. The van der Waals surface area contributed by atoms with Gasteiger partial charge in [-0.25, -0.2) is 14.4 Å². The Balaban J connectivity index is 2.11. The van der Waals surface area contributed by atoms with Gasteiger partial charge in [-0.2, -0.15) is 0 Å². The minimum absolute atomic E-state index is 0.0206. The fourth-order valence-corrected chi connectivity index (χ4v) is 3.00. The fourth-order valence-electron chi connectivity index (χ4n) is 3.00. The van der Waals surface area contributed by atoms with Gasteiger partial charge in [-0.1, -0.05) is 13.3 Å². The molecule has 1 saturated heterocycles. The highest BCUT2D eigenvalue weighted by atomic mass is 19.1. The van der Waals surface area contributed by atoms with Gasteiger partial charge in [0.25, 0.3) is 0 Å². The van der Waals surface area contributed by atoms with Crippen molar-refractivity contribution in [2.75, 3.05) is 29.5 Å². The van der Waals surface area contributed by atoms with Crippen LogP contribution in [0.25, 0.3) is 11.4 Å². The van der Waals surface area contributed by atoms with E-state index < -0.39 is 5.82 Å². The molecular weight excluding hydrogens is 307 g/mol. The van der Waals surface area contributed by atoms with Crippen molar-refractivity contribution >= 4 is 17.2 Å². The highest BCUT2D eigenvalue weighted by molar-refractivity contribution is 5.83. The van der Waals surface area contributed by atoms with Crippen LogP contribution in [-0.2, 0) is 6.42 Å². The molecule has 1 aliphatic rings. The number of rotatable bonds is 4. The van der Waals surface area contributed by atoms with E-state index in [0.717, 1.165) is 43.9 Å². The Bertz CT molecular complexity index is 748. The van der Waals surface area contributed by atoms with Crippen molar-refractivity contribution in [3.63, 3.8) is 0 Å². The number of aromatic nitrogens is 2. The summed E-state index contributed by atoms with van der Waals surface area (Å²) in [6.45, 7) is 3.67. The van der Waals surface area contributed by atoms with E-state index in [-0.39, 0.29) is 11.7 Å². The van der Waals surface area contributed by atoms with Gasteiger partial charge in [-0.15, -0.1) is 0 Å². The molecule has 0 aliphatic carbocycles. The lowest BCUT2D eigenvalue weighted by Gasteiger charge is -2.19. The molecule has 1 unspecified atom stereocenters. The predicted octanol–water partition coefficient (Wildman–Crippen LogP) is 1.94. The van der Waals surface area contributed by atoms with E-state index >= 15 is 0 Å². The fraction of sp³-hybridized carbons (Fsp3) is 0.412. The Morgan fingerprint density at radius 3 is 2.75 bits per heavy atom. The van der Waals surface area contributed by atoms with Crippen molar-refractivity contribution in [1.82, 2.24) is 9.97 Å². The molecule has 0 spiro atoms. The van der Waals surface area contributed by atoms with Crippen molar-refractivity contribution in [1.29, 1.82) is 0 Å². The molecule has 2 heterocycles. The molecule has 1 atom stereocenters. The highest BCUT2D eigenvalue weighted by Gasteiger charge is 2.23.